The maximum atomic E-state index is 12.6. The van der Waals surface area contributed by atoms with Gasteiger partial charge in [-0.3, -0.25) is 0 Å². The highest BCUT2D eigenvalue weighted by atomic mass is 17.2. The number of carbonyl (C=O) groups excluding carboxylic acids is 1. The minimum Gasteiger partial charge on any atom is -0.394 e. The van der Waals surface area contributed by atoms with Crippen molar-refractivity contribution < 1.29 is 139 Å². The SMILES string of the molecule is CC1(C=O)CCC23COC4(CCC5C6(C)CCC(OC7OCC(OC8OC(CO)C(O)C(OOC9OC(CO)C(O)C(O)C9O)C8OC8OCC(O)C(O)C8O)C(O)C7OC7OC(CO)C(O)C(O)C7O)C(C)(C)C6CCC5(C)C4(C)CC2O)C3C1. The summed E-state index contributed by atoms with van der Waals surface area (Å²) < 4.78 is 62.3. The van der Waals surface area contributed by atoms with Crippen LogP contribution in [0, 0.1) is 50.2 Å². The first-order valence-corrected chi connectivity index (χ1v) is 30.8. The van der Waals surface area contributed by atoms with Gasteiger partial charge in [0.05, 0.1) is 57.5 Å². The molecule has 0 aromatic rings. The van der Waals surface area contributed by atoms with E-state index < -0.39 is 208 Å². The molecule has 15 N–H and O–H groups in total. The van der Waals surface area contributed by atoms with Gasteiger partial charge in [-0.1, -0.05) is 41.5 Å². The monoisotopic (exact) mass is 1240 g/mol. The fraction of sp³-hybridized carbons (Fsp3) is 0.983. The average molecular weight is 1240 g/mol. The molecule has 0 radical (unpaired) electrons. The van der Waals surface area contributed by atoms with Crippen LogP contribution in [-0.4, -0.2) is 282 Å². The Morgan fingerprint density at radius 2 is 1.08 bits per heavy atom. The van der Waals surface area contributed by atoms with Crippen LogP contribution in [0.5, 0.6) is 0 Å². The molecule has 86 heavy (non-hydrogen) atoms. The Bertz CT molecular complexity index is 2360. The molecule has 6 heterocycles. The highest BCUT2D eigenvalue weighted by Crippen LogP contribution is 2.80. The molecule has 28 nitrogen and oxygen atoms in total. The third kappa shape index (κ3) is 10.3. The van der Waals surface area contributed by atoms with E-state index in [2.05, 4.69) is 34.6 Å². The molecule has 34 unspecified atom stereocenters. The van der Waals surface area contributed by atoms with Crippen molar-refractivity contribution in [1.82, 2.24) is 0 Å². The number of carbonyl (C=O) groups is 1. The van der Waals surface area contributed by atoms with Crippen molar-refractivity contribution >= 4 is 6.29 Å². The standard InChI is InChI=1S/C58H94O28/c1-52(2)29-7-11-55(5)30(8-12-58-31-15-53(3,22-62)13-14-57(31,23-77-58)32(64)16-56(55,58)6)54(29,4)10-9-33(52)82-50-45(83-48-42(73)39(70)35(66)25(17-59)78-48)38(69)28(21-76-50)81-51-46(84-47-41(72)34(65)24(63)20-75-47)44(37(68)27(19-61)80-51)85-86-49-43(74)40(71)36(67)26(18-60)79-49/h22,24-51,59-61,63-74H,7-21,23H2,1-6H3. The lowest BCUT2D eigenvalue weighted by atomic mass is 9.30. The lowest BCUT2D eigenvalue weighted by molar-refractivity contribution is -0.474. The van der Waals surface area contributed by atoms with Gasteiger partial charge in [-0.05, 0) is 98.2 Å². The number of ether oxygens (including phenoxy) is 10. The first kappa shape index (κ1) is 66.1. The summed E-state index contributed by atoms with van der Waals surface area (Å²) in [5.41, 5.74) is -2.89. The zero-order chi connectivity index (χ0) is 62.2. The maximum absolute atomic E-state index is 12.6. The molecule has 0 aromatic heterocycles. The second-order valence-electron chi connectivity index (χ2n) is 28.7. The van der Waals surface area contributed by atoms with Gasteiger partial charge >= 0.3 is 0 Å². The minimum absolute atomic E-state index is 0.0376. The van der Waals surface area contributed by atoms with E-state index >= 15 is 0 Å². The highest BCUT2D eigenvalue weighted by Gasteiger charge is 2.80. The van der Waals surface area contributed by atoms with Crippen molar-refractivity contribution in [2.45, 2.75) is 265 Å². The van der Waals surface area contributed by atoms with Crippen LogP contribution in [0.15, 0.2) is 0 Å². The van der Waals surface area contributed by atoms with Gasteiger partial charge in [-0.25, -0.2) is 9.78 Å². The molecule has 11 rings (SSSR count). The molecule has 494 valence electrons. The van der Waals surface area contributed by atoms with E-state index in [4.69, 9.17) is 57.1 Å². The summed E-state index contributed by atoms with van der Waals surface area (Å²) in [5, 5.41) is 164. The third-order valence-corrected chi connectivity index (χ3v) is 24.0. The van der Waals surface area contributed by atoms with Crippen LogP contribution in [-0.2, 0) is 61.9 Å². The quantitative estimate of drug-likeness (QED) is 0.0320. The van der Waals surface area contributed by atoms with Gasteiger partial charge in [0.1, 0.15) is 110 Å². The van der Waals surface area contributed by atoms with Crippen LogP contribution >= 0.6 is 0 Å². The highest BCUT2D eigenvalue weighted by molar-refractivity contribution is 5.59. The fourth-order valence-electron chi connectivity index (χ4n) is 18.7. The molecule has 5 aliphatic carbocycles. The van der Waals surface area contributed by atoms with E-state index in [0.29, 0.717) is 32.3 Å². The van der Waals surface area contributed by atoms with Crippen molar-refractivity contribution in [2.24, 2.45) is 50.2 Å². The molecule has 28 heteroatoms. The average Bonchev–Trinajstić information content (AvgIpc) is 1.29. The number of aldehydes is 1. The van der Waals surface area contributed by atoms with E-state index in [0.717, 1.165) is 44.8 Å². The minimum atomic E-state index is -2.02. The van der Waals surface area contributed by atoms with Crippen molar-refractivity contribution in [3.63, 3.8) is 0 Å². The van der Waals surface area contributed by atoms with E-state index in [9.17, 15) is 81.4 Å². The second kappa shape index (κ2) is 24.2. The van der Waals surface area contributed by atoms with E-state index in [1.165, 1.54) is 0 Å². The molecule has 11 aliphatic rings. The predicted molar refractivity (Wildman–Crippen MR) is 284 cm³/mol. The van der Waals surface area contributed by atoms with Gasteiger partial charge in [0.2, 0.25) is 6.29 Å². The van der Waals surface area contributed by atoms with Crippen molar-refractivity contribution in [2.75, 3.05) is 39.6 Å². The Labute approximate surface area is 498 Å². The van der Waals surface area contributed by atoms with Gasteiger partial charge in [-0.15, -0.1) is 0 Å². The van der Waals surface area contributed by atoms with Crippen LogP contribution in [0.3, 0.4) is 0 Å². The molecule has 34 atom stereocenters. The Morgan fingerprint density at radius 1 is 0.488 bits per heavy atom. The smallest absolute Gasteiger partial charge is 0.220 e. The molecule has 2 bridgehead atoms. The van der Waals surface area contributed by atoms with Gasteiger partial charge in [-0.2, -0.15) is 0 Å². The number of hydrogen-bond acceptors (Lipinski definition) is 28. The van der Waals surface area contributed by atoms with Gasteiger partial charge in [0.25, 0.3) is 0 Å². The first-order chi connectivity index (χ1) is 40.5. The largest absolute Gasteiger partial charge is 0.394 e. The molecule has 6 aliphatic heterocycles. The zero-order valence-electron chi connectivity index (χ0n) is 49.6. The Morgan fingerprint density at radius 3 is 1.74 bits per heavy atom. The van der Waals surface area contributed by atoms with Gasteiger partial charge in [0, 0.05) is 16.2 Å². The Balaban J connectivity index is 0.859. The number of aliphatic hydroxyl groups is 15. The maximum Gasteiger partial charge on any atom is 0.220 e. The van der Waals surface area contributed by atoms with Crippen molar-refractivity contribution in [3.05, 3.63) is 0 Å². The van der Waals surface area contributed by atoms with E-state index in [-0.39, 0.29) is 34.0 Å². The van der Waals surface area contributed by atoms with Crippen molar-refractivity contribution in [3.8, 4) is 0 Å². The molecule has 0 amide bonds. The van der Waals surface area contributed by atoms with Crippen LogP contribution < -0.4 is 0 Å². The van der Waals surface area contributed by atoms with Crippen LogP contribution in [0.2, 0.25) is 0 Å². The number of fused-ring (bicyclic) bond motifs is 4. The van der Waals surface area contributed by atoms with Crippen LogP contribution in [0.25, 0.3) is 0 Å². The molecule has 6 saturated heterocycles. The Hall–Kier alpha value is -1.41. The summed E-state index contributed by atoms with van der Waals surface area (Å²) in [7, 11) is 0. The Kier molecular flexibility index (Phi) is 18.6. The lowest BCUT2D eigenvalue weighted by Crippen LogP contribution is -2.74. The third-order valence-electron chi connectivity index (χ3n) is 24.0. The summed E-state index contributed by atoms with van der Waals surface area (Å²) >= 11 is 0. The zero-order valence-corrected chi connectivity index (χ0v) is 49.6. The molecular formula is C58H94O28. The topological polar surface area (TPSA) is 431 Å². The first-order valence-electron chi connectivity index (χ1n) is 30.8. The summed E-state index contributed by atoms with van der Waals surface area (Å²) in [5.74, 6) is 0.309. The van der Waals surface area contributed by atoms with E-state index in [1.54, 1.807) is 0 Å². The lowest BCUT2D eigenvalue weighted by Gasteiger charge is -2.75. The predicted octanol–water partition coefficient (Wildman–Crippen LogP) is -4.14. The summed E-state index contributed by atoms with van der Waals surface area (Å²) in [6.45, 7) is 10.2. The fourth-order valence-corrected chi connectivity index (χ4v) is 18.7. The molecule has 1 spiro atoms. The number of aliphatic hydroxyl groups excluding tert-OH is 15. The van der Waals surface area contributed by atoms with Gasteiger partial charge < -0.3 is 129 Å². The van der Waals surface area contributed by atoms with Crippen LogP contribution in [0.4, 0.5) is 0 Å². The van der Waals surface area contributed by atoms with Crippen molar-refractivity contribution in [1.29, 1.82) is 0 Å². The number of rotatable bonds is 15. The molecule has 11 fully saturated rings. The summed E-state index contributed by atoms with van der Waals surface area (Å²) in [6, 6.07) is 0. The van der Waals surface area contributed by atoms with Gasteiger partial charge in [0.15, 0.2) is 31.3 Å². The second-order valence-corrected chi connectivity index (χ2v) is 28.7. The normalized spacial score (nSPS) is 57.1. The molecule has 0 aromatic carbocycles. The van der Waals surface area contributed by atoms with E-state index in [1.807, 2.05) is 6.92 Å². The summed E-state index contributed by atoms with van der Waals surface area (Å²) in [4.78, 5) is 23.6. The summed E-state index contributed by atoms with van der Waals surface area (Å²) in [6.07, 6.45) is -34.1. The molecule has 5 saturated carbocycles. The van der Waals surface area contributed by atoms with Crippen LogP contribution in [0.1, 0.15) is 106 Å². The number of hydrogen-bond donors (Lipinski definition) is 15. The molecular weight excluding hydrogens is 1140 g/mol.